The van der Waals surface area contributed by atoms with Crippen molar-refractivity contribution >= 4 is 16.9 Å². The highest BCUT2D eigenvalue weighted by molar-refractivity contribution is 5.84. The summed E-state index contributed by atoms with van der Waals surface area (Å²) in [5.74, 6) is 1.32. The summed E-state index contributed by atoms with van der Waals surface area (Å²) < 4.78 is 1.74. The molecule has 0 unspecified atom stereocenters. The molecule has 0 bridgehead atoms. The molecule has 96 valence electrons. The van der Waals surface area contributed by atoms with Crippen molar-refractivity contribution in [3.8, 4) is 0 Å². The summed E-state index contributed by atoms with van der Waals surface area (Å²) in [7, 11) is 1.87. The van der Waals surface area contributed by atoms with Gasteiger partial charge >= 0.3 is 0 Å². The fourth-order valence-electron chi connectivity index (χ4n) is 2.48. The summed E-state index contributed by atoms with van der Waals surface area (Å²) in [4.78, 5) is 11.3. The Labute approximate surface area is 106 Å². The molecular weight excluding hydrogens is 228 g/mol. The van der Waals surface area contributed by atoms with Crippen LogP contribution in [0.3, 0.4) is 0 Å². The van der Waals surface area contributed by atoms with Crippen LogP contribution in [0.4, 0.5) is 5.82 Å². The van der Waals surface area contributed by atoms with E-state index >= 15 is 0 Å². The highest BCUT2D eigenvalue weighted by atomic mass is 15.3. The maximum absolute atomic E-state index is 5.95. The molecule has 18 heavy (non-hydrogen) atoms. The largest absolute Gasteiger partial charge is 0.383 e. The van der Waals surface area contributed by atoms with Crippen molar-refractivity contribution in [2.75, 3.05) is 18.8 Å². The Kier molecular flexibility index (Phi) is 2.87. The van der Waals surface area contributed by atoms with Gasteiger partial charge in [-0.25, -0.2) is 9.97 Å². The number of hydrogen-bond donors (Lipinski definition) is 1. The molecule has 6 nitrogen and oxygen atoms in total. The molecule has 6 heteroatoms. The molecule has 1 fully saturated rings. The summed E-state index contributed by atoms with van der Waals surface area (Å²) in [5.41, 5.74) is 6.77. The van der Waals surface area contributed by atoms with Crippen LogP contribution in [0.1, 0.15) is 25.1 Å². The number of nitrogens with two attached hydrogens (primary N) is 1. The molecule has 2 N–H and O–H groups in total. The molecule has 0 aromatic carbocycles. The highest BCUT2D eigenvalue weighted by Gasteiger charge is 2.14. The minimum absolute atomic E-state index is 0.528. The third-order valence-electron chi connectivity index (χ3n) is 3.48. The van der Waals surface area contributed by atoms with Crippen LogP contribution in [0.25, 0.3) is 11.0 Å². The van der Waals surface area contributed by atoms with E-state index in [2.05, 4.69) is 20.0 Å². The first-order chi connectivity index (χ1) is 8.74. The quantitative estimate of drug-likeness (QED) is 0.853. The second-order valence-electron chi connectivity index (χ2n) is 4.87. The standard InChI is InChI=1S/C12H18N6/c1-17-12-9(7-14-17)11(13)15-10(16-12)8-18-5-3-2-4-6-18/h7H,2-6,8H2,1H3,(H2,13,15,16). The molecule has 0 saturated carbocycles. The molecule has 1 aliphatic rings. The average Bonchev–Trinajstić information content (AvgIpc) is 2.73. The van der Waals surface area contributed by atoms with E-state index in [0.717, 1.165) is 36.5 Å². The van der Waals surface area contributed by atoms with Crippen LogP contribution in [0.15, 0.2) is 6.20 Å². The highest BCUT2D eigenvalue weighted by Crippen LogP contribution is 2.18. The minimum Gasteiger partial charge on any atom is -0.383 e. The normalized spacial score (nSPS) is 17.4. The number of hydrogen-bond acceptors (Lipinski definition) is 5. The number of anilines is 1. The molecule has 0 spiro atoms. The Hall–Kier alpha value is -1.69. The first-order valence-electron chi connectivity index (χ1n) is 6.40. The van der Waals surface area contributed by atoms with Crippen molar-refractivity contribution < 1.29 is 0 Å². The lowest BCUT2D eigenvalue weighted by Gasteiger charge is -2.25. The molecule has 3 rings (SSSR count). The lowest BCUT2D eigenvalue weighted by molar-refractivity contribution is 0.216. The second-order valence-corrected chi connectivity index (χ2v) is 4.87. The minimum atomic E-state index is 0.528. The number of nitrogens with zero attached hydrogens (tertiary/aromatic N) is 5. The van der Waals surface area contributed by atoms with E-state index in [1.165, 1.54) is 19.3 Å². The fourth-order valence-corrected chi connectivity index (χ4v) is 2.48. The van der Waals surface area contributed by atoms with Crippen molar-refractivity contribution in [3.05, 3.63) is 12.0 Å². The smallest absolute Gasteiger partial charge is 0.163 e. The number of aryl methyl sites for hydroxylation is 1. The summed E-state index contributed by atoms with van der Waals surface area (Å²) in [6.45, 7) is 3.05. The van der Waals surface area contributed by atoms with Crippen molar-refractivity contribution in [1.29, 1.82) is 0 Å². The molecule has 2 aromatic rings. The molecule has 1 saturated heterocycles. The molecular formula is C12H18N6. The predicted molar refractivity (Wildman–Crippen MR) is 69.8 cm³/mol. The maximum atomic E-state index is 5.95. The molecule has 0 amide bonds. The van der Waals surface area contributed by atoms with Crippen LogP contribution in [0.2, 0.25) is 0 Å². The monoisotopic (exact) mass is 246 g/mol. The van der Waals surface area contributed by atoms with Gasteiger partial charge in [0.15, 0.2) is 5.65 Å². The topological polar surface area (TPSA) is 72.9 Å². The van der Waals surface area contributed by atoms with Gasteiger partial charge in [0.05, 0.1) is 18.1 Å². The molecule has 2 aromatic heterocycles. The van der Waals surface area contributed by atoms with Crippen LogP contribution >= 0.6 is 0 Å². The van der Waals surface area contributed by atoms with Gasteiger partial charge in [-0.1, -0.05) is 6.42 Å². The van der Waals surface area contributed by atoms with Crippen molar-refractivity contribution in [1.82, 2.24) is 24.6 Å². The third kappa shape index (κ3) is 2.03. The maximum Gasteiger partial charge on any atom is 0.163 e. The first-order valence-corrected chi connectivity index (χ1v) is 6.40. The van der Waals surface area contributed by atoms with Gasteiger partial charge in [0.1, 0.15) is 11.6 Å². The van der Waals surface area contributed by atoms with Gasteiger partial charge in [0.25, 0.3) is 0 Å². The van der Waals surface area contributed by atoms with Crippen LogP contribution in [-0.4, -0.2) is 37.7 Å². The van der Waals surface area contributed by atoms with Gasteiger partial charge in [-0.15, -0.1) is 0 Å². The Morgan fingerprint density at radius 1 is 1.22 bits per heavy atom. The predicted octanol–water partition coefficient (Wildman–Crippen LogP) is 0.931. The number of nitrogen functional groups attached to an aromatic ring is 1. The molecule has 0 aliphatic carbocycles. The van der Waals surface area contributed by atoms with E-state index in [9.17, 15) is 0 Å². The van der Waals surface area contributed by atoms with E-state index in [0.29, 0.717) is 5.82 Å². The third-order valence-corrected chi connectivity index (χ3v) is 3.48. The summed E-state index contributed by atoms with van der Waals surface area (Å²) in [6.07, 6.45) is 5.59. The van der Waals surface area contributed by atoms with Gasteiger partial charge in [-0.05, 0) is 25.9 Å². The average molecular weight is 246 g/mol. The van der Waals surface area contributed by atoms with Crippen LogP contribution < -0.4 is 5.73 Å². The summed E-state index contributed by atoms with van der Waals surface area (Å²) in [6, 6.07) is 0. The Bertz CT molecular complexity index is 555. The molecule has 0 atom stereocenters. The second kappa shape index (κ2) is 4.53. The Balaban J connectivity index is 1.89. The van der Waals surface area contributed by atoms with Crippen LogP contribution in [0.5, 0.6) is 0 Å². The molecule has 3 heterocycles. The number of piperidine rings is 1. The Morgan fingerprint density at radius 2 is 2.00 bits per heavy atom. The molecule has 1 aliphatic heterocycles. The zero-order valence-electron chi connectivity index (χ0n) is 10.6. The lowest BCUT2D eigenvalue weighted by Crippen LogP contribution is -2.30. The zero-order valence-corrected chi connectivity index (χ0v) is 10.6. The van der Waals surface area contributed by atoms with Gasteiger partial charge in [0, 0.05) is 7.05 Å². The Morgan fingerprint density at radius 3 is 2.78 bits per heavy atom. The lowest BCUT2D eigenvalue weighted by atomic mass is 10.1. The van der Waals surface area contributed by atoms with Gasteiger partial charge < -0.3 is 5.73 Å². The SMILES string of the molecule is Cn1ncc2c(N)nc(CN3CCCCC3)nc21. The first kappa shape index (κ1) is 11.4. The van der Waals surface area contributed by atoms with Crippen molar-refractivity contribution in [3.63, 3.8) is 0 Å². The zero-order chi connectivity index (χ0) is 12.5. The number of likely N-dealkylation sites (tertiary alicyclic amines) is 1. The van der Waals surface area contributed by atoms with E-state index in [1.807, 2.05) is 7.05 Å². The summed E-state index contributed by atoms with van der Waals surface area (Å²) >= 11 is 0. The van der Waals surface area contributed by atoms with Crippen molar-refractivity contribution in [2.24, 2.45) is 7.05 Å². The van der Waals surface area contributed by atoms with E-state index < -0.39 is 0 Å². The molecule has 0 radical (unpaired) electrons. The number of rotatable bonds is 2. The van der Waals surface area contributed by atoms with Crippen molar-refractivity contribution in [2.45, 2.75) is 25.8 Å². The number of aromatic nitrogens is 4. The van der Waals surface area contributed by atoms with E-state index in [4.69, 9.17) is 5.73 Å². The van der Waals surface area contributed by atoms with E-state index in [1.54, 1.807) is 10.9 Å². The van der Waals surface area contributed by atoms with E-state index in [-0.39, 0.29) is 0 Å². The van der Waals surface area contributed by atoms with Gasteiger partial charge in [-0.3, -0.25) is 9.58 Å². The van der Waals surface area contributed by atoms with Gasteiger partial charge in [-0.2, -0.15) is 5.10 Å². The summed E-state index contributed by atoms with van der Waals surface area (Å²) in [5, 5.41) is 5.00. The van der Waals surface area contributed by atoms with Gasteiger partial charge in [0.2, 0.25) is 0 Å². The van der Waals surface area contributed by atoms with Crippen LogP contribution in [0, 0.1) is 0 Å². The number of fused-ring (bicyclic) bond motifs is 1. The fraction of sp³-hybridized carbons (Fsp3) is 0.583. The van der Waals surface area contributed by atoms with Crippen LogP contribution in [-0.2, 0) is 13.6 Å².